The van der Waals surface area contributed by atoms with Crippen LogP contribution in [0.1, 0.15) is 28.3 Å². The predicted molar refractivity (Wildman–Crippen MR) is 139 cm³/mol. The molecule has 0 radical (unpaired) electrons. The number of ether oxygens (including phenoxy) is 1. The molecule has 6 rings (SSSR count). The molecule has 2 aromatic heterocycles. The molecule has 0 saturated carbocycles. The molecular weight excluding hydrogens is 523 g/mol. The number of alkyl halides is 1. The standard InChI is InChI=1S/C27H21IN4O/c28-15-19-6-1-2-7-20(19)16-33-21-9-5-8-18(14-21)25-23-12-13-32-27(23)26(29-17-30-32)22-10-3-4-11-24(22)31-25/h1-14,17,25,31H,15-16H2. The Bertz CT molecular complexity index is 1460. The lowest BCUT2D eigenvalue weighted by Gasteiger charge is -2.20. The molecule has 6 heteroatoms. The van der Waals surface area contributed by atoms with E-state index in [9.17, 15) is 0 Å². The summed E-state index contributed by atoms with van der Waals surface area (Å²) in [5.41, 5.74) is 8.92. The lowest BCUT2D eigenvalue weighted by Crippen LogP contribution is -2.11. The quantitative estimate of drug-likeness (QED) is 0.205. The highest BCUT2D eigenvalue weighted by molar-refractivity contribution is 14.1. The summed E-state index contributed by atoms with van der Waals surface area (Å²) in [5, 5.41) is 8.19. The van der Waals surface area contributed by atoms with Gasteiger partial charge in [0.15, 0.2) is 0 Å². The Morgan fingerprint density at radius 3 is 2.70 bits per heavy atom. The smallest absolute Gasteiger partial charge is 0.137 e. The third-order valence-corrected chi connectivity index (χ3v) is 6.95. The van der Waals surface area contributed by atoms with Crippen LogP contribution in [0.15, 0.2) is 91.4 Å². The summed E-state index contributed by atoms with van der Waals surface area (Å²) in [6.07, 6.45) is 3.62. The average molecular weight is 544 g/mol. The van der Waals surface area contributed by atoms with Crippen LogP contribution < -0.4 is 10.1 Å². The Morgan fingerprint density at radius 2 is 1.79 bits per heavy atom. The van der Waals surface area contributed by atoms with E-state index in [0.717, 1.165) is 43.8 Å². The number of benzene rings is 3. The number of fused-ring (bicyclic) bond motifs is 2. The Hall–Kier alpha value is -3.39. The van der Waals surface area contributed by atoms with E-state index in [1.807, 2.05) is 22.8 Å². The number of halogens is 1. The molecule has 162 valence electrons. The third kappa shape index (κ3) is 3.64. The van der Waals surface area contributed by atoms with Gasteiger partial charge in [-0.1, -0.05) is 77.2 Å². The van der Waals surface area contributed by atoms with E-state index in [1.165, 1.54) is 11.1 Å². The molecule has 1 atom stereocenters. The number of para-hydroxylation sites is 1. The second-order valence-corrected chi connectivity index (χ2v) is 8.82. The van der Waals surface area contributed by atoms with Gasteiger partial charge in [0.2, 0.25) is 0 Å². The molecular formula is C27H21IN4O. The van der Waals surface area contributed by atoms with Gasteiger partial charge in [0.25, 0.3) is 0 Å². The lowest BCUT2D eigenvalue weighted by molar-refractivity contribution is 0.305. The summed E-state index contributed by atoms with van der Waals surface area (Å²) in [5.74, 6) is 0.857. The monoisotopic (exact) mass is 544 g/mol. The highest BCUT2D eigenvalue weighted by atomic mass is 127. The molecule has 0 spiro atoms. The van der Waals surface area contributed by atoms with Crippen LogP contribution in [-0.4, -0.2) is 14.6 Å². The van der Waals surface area contributed by atoms with Crippen LogP contribution in [0.4, 0.5) is 5.69 Å². The fourth-order valence-electron chi connectivity index (χ4n) is 4.49. The van der Waals surface area contributed by atoms with E-state index < -0.39 is 0 Å². The number of aromatic nitrogens is 3. The molecule has 0 bridgehead atoms. The predicted octanol–water partition coefficient (Wildman–Crippen LogP) is 6.43. The summed E-state index contributed by atoms with van der Waals surface area (Å²) >= 11 is 2.40. The van der Waals surface area contributed by atoms with E-state index in [2.05, 4.69) is 105 Å². The van der Waals surface area contributed by atoms with Gasteiger partial charge in [-0.05, 0) is 41.0 Å². The zero-order chi connectivity index (χ0) is 22.2. The molecule has 3 heterocycles. The Kier molecular flexibility index (Phi) is 5.22. The van der Waals surface area contributed by atoms with Gasteiger partial charge in [0.1, 0.15) is 24.4 Å². The Morgan fingerprint density at radius 1 is 0.939 bits per heavy atom. The van der Waals surface area contributed by atoms with Gasteiger partial charge in [-0.15, -0.1) is 0 Å². The third-order valence-electron chi connectivity index (χ3n) is 6.13. The minimum atomic E-state index is -0.0476. The zero-order valence-corrected chi connectivity index (χ0v) is 19.9. The van der Waals surface area contributed by atoms with E-state index >= 15 is 0 Å². The van der Waals surface area contributed by atoms with Crippen LogP contribution in [0.2, 0.25) is 0 Å². The Labute approximate surface area is 205 Å². The van der Waals surface area contributed by atoms with Gasteiger partial charge in [0, 0.05) is 27.4 Å². The maximum absolute atomic E-state index is 6.23. The number of hydrogen-bond acceptors (Lipinski definition) is 4. The molecule has 3 aromatic carbocycles. The second kappa shape index (κ2) is 8.51. The van der Waals surface area contributed by atoms with Crippen LogP contribution in [0.25, 0.3) is 16.8 Å². The maximum atomic E-state index is 6.23. The molecule has 1 aliphatic heterocycles. The van der Waals surface area contributed by atoms with E-state index in [1.54, 1.807) is 6.33 Å². The molecule has 33 heavy (non-hydrogen) atoms. The van der Waals surface area contributed by atoms with Crippen molar-refractivity contribution >= 4 is 33.8 Å². The zero-order valence-electron chi connectivity index (χ0n) is 17.8. The van der Waals surface area contributed by atoms with Crippen molar-refractivity contribution in [3.8, 4) is 17.0 Å². The number of anilines is 1. The first-order valence-electron chi connectivity index (χ1n) is 10.9. The highest BCUT2D eigenvalue weighted by Crippen LogP contribution is 2.41. The van der Waals surface area contributed by atoms with Gasteiger partial charge in [-0.2, -0.15) is 5.10 Å². The SMILES string of the molecule is ICc1ccccc1COc1cccc(C2Nc3ccccc3-c3ncnn4ccc2c34)c1. The molecule has 0 amide bonds. The van der Waals surface area contributed by atoms with Crippen molar-refractivity contribution in [3.63, 3.8) is 0 Å². The van der Waals surface area contributed by atoms with E-state index in [4.69, 9.17) is 4.74 Å². The lowest BCUT2D eigenvalue weighted by atomic mass is 9.99. The van der Waals surface area contributed by atoms with Crippen molar-refractivity contribution in [1.29, 1.82) is 0 Å². The first-order valence-corrected chi connectivity index (χ1v) is 12.4. The van der Waals surface area contributed by atoms with Crippen LogP contribution in [0.5, 0.6) is 5.75 Å². The van der Waals surface area contributed by atoms with Crippen LogP contribution in [-0.2, 0) is 11.0 Å². The number of rotatable bonds is 5. The fraction of sp³-hybridized carbons (Fsp3) is 0.111. The largest absolute Gasteiger partial charge is 0.489 e. The van der Waals surface area contributed by atoms with E-state index in [-0.39, 0.29) is 6.04 Å². The molecule has 0 saturated heterocycles. The van der Waals surface area contributed by atoms with Crippen LogP contribution >= 0.6 is 22.6 Å². The average Bonchev–Trinajstić information content (AvgIpc) is 3.24. The molecule has 0 fully saturated rings. The number of nitrogens with zero attached hydrogens (tertiary/aromatic N) is 3. The summed E-state index contributed by atoms with van der Waals surface area (Å²) in [7, 11) is 0. The molecule has 5 aromatic rings. The van der Waals surface area contributed by atoms with Crippen molar-refractivity contribution in [2.45, 2.75) is 17.1 Å². The Balaban J connectivity index is 1.39. The van der Waals surface area contributed by atoms with Crippen molar-refractivity contribution in [2.75, 3.05) is 5.32 Å². The summed E-state index contributed by atoms with van der Waals surface area (Å²) in [6, 6.07) is 27.2. The fourth-order valence-corrected chi connectivity index (χ4v) is 5.24. The van der Waals surface area contributed by atoms with Gasteiger partial charge >= 0.3 is 0 Å². The van der Waals surface area contributed by atoms with Crippen molar-refractivity contribution in [3.05, 3.63) is 114 Å². The first kappa shape index (κ1) is 20.2. The normalized spacial score (nSPS) is 14.4. The molecule has 1 aliphatic rings. The highest BCUT2D eigenvalue weighted by Gasteiger charge is 2.26. The minimum absolute atomic E-state index is 0.0476. The summed E-state index contributed by atoms with van der Waals surface area (Å²) in [4.78, 5) is 4.64. The molecule has 0 aliphatic carbocycles. The van der Waals surface area contributed by atoms with Crippen molar-refractivity contribution in [1.82, 2.24) is 14.6 Å². The molecule has 1 N–H and O–H groups in total. The van der Waals surface area contributed by atoms with Crippen LogP contribution in [0.3, 0.4) is 0 Å². The summed E-state index contributed by atoms with van der Waals surface area (Å²) in [6.45, 7) is 0.552. The first-order chi connectivity index (χ1) is 16.3. The van der Waals surface area contributed by atoms with Crippen LogP contribution in [0, 0.1) is 0 Å². The second-order valence-electron chi connectivity index (χ2n) is 8.06. The van der Waals surface area contributed by atoms with Gasteiger partial charge in [0.05, 0.1) is 11.6 Å². The number of nitrogens with one attached hydrogen (secondary N) is 1. The van der Waals surface area contributed by atoms with Crippen molar-refractivity contribution in [2.24, 2.45) is 0 Å². The molecule has 5 nitrogen and oxygen atoms in total. The number of hydrogen-bond donors (Lipinski definition) is 1. The summed E-state index contributed by atoms with van der Waals surface area (Å²) < 4.78 is 9.11. The van der Waals surface area contributed by atoms with Gasteiger partial charge in [-0.25, -0.2) is 9.50 Å². The van der Waals surface area contributed by atoms with Gasteiger partial charge < -0.3 is 10.1 Å². The molecule has 1 unspecified atom stereocenters. The topological polar surface area (TPSA) is 51.5 Å². The van der Waals surface area contributed by atoms with E-state index in [0.29, 0.717) is 6.61 Å². The minimum Gasteiger partial charge on any atom is -0.489 e. The maximum Gasteiger partial charge on any atom is 0.137 e. The van der Waals surface area contributed by atoms with Crippen molar-refractivity contribution < 1.29 is 4.74 Å². The van der Waals surface area contributed by atoms with Gasteiger partial charge in [-0.3, -0.25) is 0 Å².